The largest absolute Gasteiger partial charge is 0.393 e. The second-order valence-corrected chi connectivity index (χ2v) is 6.22. The van der Waals surface area contributed by atoms with Crippen LogP contribution in [0.1, 0.15) is 32.6 Å². The fourth-order valence-electron chi connectivity index (χ4n) is 2.57. The maximum absolute atomic E-state index is 11.9. The second-order valence-electron chi connectivity index (χ2n) is 6.22. The number of hydrogen-bond acceptors (Lipinski definition) is 4. The SMILES string of the molecule is CC(O)CCC(=O)N(C)CCN(C)C1CCN(C)CC1. The van der Waals surface area contributed by atoms with Gasteiger partial charge in [0.1, 0.15) is 0 Å². The van der Waals surface area contributed by atoms with Crippen molar-refractivity contribution < 1.29 is 9.90 Å². The van der Waals surface area contributed by atoms with Crippen molar-refractivity contribution in [2.24, 2.45) is 0 Å². The number of likely N-dealkylation sites (N-methyl/N-ethyl adjacent to an activating group) is 2. The molecule has 0 aromatic heterocycles. The van der Waals surface area contributed by atoms with Crippen LogP contribution in [0.3, 0.4) is 0 Å². The number of nitrogens with zero attached hydrogens (tertiary/aromatic N) is 3. The topological polar surface area (TPSA) is 47.0 Å². The number of rotatable bonds is 7. The van der Waals surface area contributed by atoms with Gasteiger partial charge < -0.3 is 19.8 Å². The molecule has 1 fully saturated rings. The molecule has 1 aliphatic heterocycles. The number of carbonyl (C=O) groups is 1. The molecule has 1 heterocycles. The van der Waals surface area contributed by atoms with Crippen LogP contribution in [-0.4, -0.2) is 85.2 Å². The van der Waals surface area contributed by atoms with E-state index in [1.165, 1.54) is 12.8 Å². The van der Waals surface area contributed by atoms with Crippen LogP contribution in [0.4, 0.5) is 0 Å². The molecule has 118 valence electrons. The summed E-state index contributed by atoms with van der Waals surface area (Å²) in [7, 11) is 6.18. The Morgan fingerprint density at radius 2 is 1.90 bits per heavy atom. The zero-order chi connectivity index (χ0) is 15.1. The lowest BCUT2D eigenvalue weighted by Crippen LogP contribution is -2.44. The van der Waals surface area contributed by atoms with Gasteiger partial charge in [0.2, 0.25) is 5.91 Å². The van der Waals surface area contributed by atoms with E-state index in [9.17, 15) is 9.90 Å². The molecule has 1 N–H and O–H groups in total. The standard InChI is InChI=1S/C15H31N3O2/c1-13(19)5-6-15(20)18(4)12-11-17(3)14-7-9-16(2)10-8-14/h13-14,19H,5-12H2,1-4H3. The van der Waals surface area contributed by atoms with Crippen molar-refractivity contribution in [2.45, 2.75) is 44.8 Å². The molecule has 1 atom stereocenters. The zero-order valence-electron chi connectivity index (χ0n) is 13.5. The van der Waals surface area contributed by atoms with Crippen LogP contribution in [0.2, 0.25) is 0 Å². The smallest absolute Gasteiger partial charge is 0.222 e. The molecule has 1 amide bonds. The average molecular weight is 285 g/mol. The predicted octanol–water partition coefficient (Wildman–Crippen LogP) is 0.632. The van der Waals surface area contributed by atoms with Crippen LogP contribution in [0, 0.1) is 0 Å². The molecule has 20 heavy (non-hydrogen) atoms. The second kappa shape index (κ2) is 8.60. The molecule has 0 aromatic carbocycles. The van der Waals surface area contributed by atoms with Gasteiger partial charge in [-0.3, -0.25) is 4.79 Å². The minimum absolute atomic E-state index is 0.127. The fraction of sp³-hybridized carbons (Fsp3) is 0.933. The molecule has 5 heteroatoms. The van der Waals surface area contributed by atoms with Crippen molar-refractivity contribution in [3.63, 3.8) is 0 Å². The summed E-state index contributed by atoms with van der Waals surface area (Å²) in [4.78, 5) is 18.4. The Morgan fingerprint density at radius 3 is 2.45 bits per heavy atom. The Bertz CT molecular complexity index is 289. The molecule has 0 radical (unpaired) electrons. The molecule has 0 aliphatic carbocycles. The maximum atomic E-state index is 11.9. The number of piperidine rings is 1. The highest BCUT2D eigenvalue weighted by atomic mass is 16.3. The van der Waals surface area contributed by atoms with Gasteiger partial charge >= 0.3 is 0 Å². The van der Waals surface area contributed by atoms with Crippen LogP contribution in [0.5, 0.6) is 0 Å². The molecule has 1 rings (SSSR count). The minimum Gasteiger partial charge on any atom is -0.393 e. The van der Waals surface area contributed by atoms with Crippen LogP contribution < -0.4 is 0 Å². The minimum atomic E-state index is -0.394. The van der Waals surface area contributed by atoms with Gasteiger partial charge in [-0.1, -0.05) is 0 Å². The maximum Gasteiger partial charge on any atom is 0.222 e. The Labute approximate surface area is 123 Å². The first kappa shape index (κ1) is 17.4. The highest BCUT2D eigenvalue weighted by Gasteiger charge is 2.20. The first-order chi connectivity index (χ1) is 9.40. The number of aliphatic hydroxyl groups is 1. The van der Waals surface area contributed by atoms with E-state index in [-0.39, 0.29) is 5.91 Å². The summed E-state index contributed by atoms with van der Waals surface area (Å²) < 4.78 is 0. The Hall–Kier alpha value is -0.650. The van der Waals surface area contributed by atoms with Gasteiger partial charge in [-0.2, -0.15) is 0 Å². The molecule has 0 saturated carbocycles. The van der Waals surface area contributed by atoms with Gasteiger partial charge in [0.05, 0.1) is 6.10 Å². The molecule has 1 saturated heterocycles. The lowest BCUT2D eigenvalue weighted by atomic mass is 10.0. The van der Waals surface area contributed by atoms with E-state index in [1.807, 2.05) is 7.05 Å². The Kier molecular flexibility index (Phi) is 7.48. The predicted molar refractivity (Wildman–Crippen MR) is 81.7 cm³/mol. The number of hydrogen-bond donors (Lipinski definition) is 1. The van der Waals surface area contributed by atoms with Crippen LogP contribution in [0.15, 0.2) is 0 Å². The quantitative estimate of drug-likeness (QED) is 0.745. The van der Waals surface area contributed by atoms with Gasteiger partial charge in [0, 0.05) is 32.6 Å². The van der Waals surface area contributed by atoms with Crippen molar-refractivity contribution in [1.29, 1.82) is 0 Å². The lowest BCUT2D eigenvalue weighted by molar-refractivity contribution is -0.130. The zero-order valence-corrected chi connectivity index (χ0v) is 13.5. The van der Waals surface area contributed by atoms with Crippen molar-refractivity contribution in [3.05, 3.63) is 0 Å². The van der Waals surface area contributed by atoms with Gasteiger partial charge in [0.25, 0.3) is 0 Å². The first-order valence-electron chi connectivity index (χ1n) is 7.71. The molecular formula is C15H31N3O2. The van der Waals surface area contributed by atoms with Gasteiger partial charge in [-0.05, 0) is 53.4 Å². The lowest BCUT2D eigenvalue weighted by Gasteiger charge is -2.35. The monoisotopic (exact) mass is 285 g/mol. The summed E-state index contributed by atoms with van der Waals surface area (Å²) in [6.07, 6.45) is 3.02. The molecule has 0 aromatic rings. The van der Waals surface area contributed by atoms with Crippen molar-refractivity contribution in [3.8, 4) is 0 Å². The van der Waals surface area contributed by atoms with Crippen LogP contribution >= 0.6 is 0 Å². The summed E-state index contributed by atoms with van der Waals surface area (Å²) in [5, 5.41) is 9.21. The summed E-state index contributed by atoms with van der Waals surface area (Å²) in [6.45, 7) is 5.74. The van der Waals surface area contributed by atoms with Crippen molar-refractivity contribution in [1.82, 2.24) is 14.7 Å². The fourth-order valence-corrected chi connectivity index (χ4v) is 2.57. The number of likely N-dealkylation sites (tertiary alicyclic amines) is 1. The number of aliphatic hydroxyl groups excluding tert-OH is 1. The number of amides is 1. The van der Waals surface area contributed by atoms with E-state index in [4.69, 9.17) is 0 Å². The van der Waals surface area contributed by atoms with Crippen molar-refractivity contribution >= 4 is 5.91 Å². The molecule has 0 spiro atoms. The molecule has 1 unspecified atom stereocenters. The summed E-state index contributed by atoms with van der Waals surface area (Å²) >= 11 is 0. The third-order valence-electron chi connectivity index (χ3n) is 4.30. The van der Waals surface area contributed by atoms with Crippen LogP contribution in [-0.2, 0) is 4.79 Å². The summed E-state index contributed by atoms with van der Waals surface area (Å²) in [6, 6.07) is 0.646. The van der Waals surface area contributed by atoms with E-state index in [2.05, 4.69) is 23.9 Å². The summed E-state index contributed by atoms with van der Waals surface area (Å²) in [5.74, 6) is 0.127. The highest BCUT2D eigenvalue weighted by molar-refractivity contribution is 5.75. The van der Waals surface area contributed by atoms with Crippen LogP contribution in [0.25, 0.3) is 0 Å². The molecule has 1 aliphatic rings. The van der Waals surface area contributed by atoms with Gasteiger partial charge in [-0.25, -0.2) is 0 Å². The van der Waals surface area contributed by atoms with E-state index in [0.29, 0.717) is 18.9 Å². The average Bonchev–Trinajstić information content (AvgIpc) is 2.42. The first-order valence-corrected chi connectivity index (χ1v) is 7.71. The van der Waals surface area contributed by atoms with E-state index < -0.39 is 6.10 Å². The highest BCUT2D eigenvalue weighted by Crippen LogP contribution is 2.13. The molecule has 0 bridgehead atoms. The third-order valence-corrected chi connectivity index (χ3v) is 4.30. The van der Waals surface area contributed by atoms with E-state index in [1.54, 1.807) is 11.8 Å². The van der Waals surface area contributed by atoms with E-state index >= 15 is 0 Å². The molecular weight excluding hydrogens is 254 g/mol. The number of carbonyl (C=O) groups excluding carboxylic acids is 1. The van der Waals surface area contributed by atoms with Gasteiger partial charge in [-0.15, -0.1) is 0 Å². The third kappa shape index (κ3) is 6.20. The van der Waals surface area contributed by atoms with E-state index in [0.717, 1.165) is 26.2 Å². The van der Waals surface area contributed by atoms with Gasteiger partial charge in [0.15, 0.2) is 0 Å². The summed E-state index contributed by atoms with van der Waals surface area (Å²) in [5.41, 5.74) is 0. The Morgan fingerprint density at radius 1 is 1.30 bits per heavy atom. The normalized spacial score (nSPS) is 19.3. The van der Waals surface area contributed by atoms with Crippen molar-refractivity contribution in [2.75, 3.05) is 47.3 Å². The molecule has 5 nitrogen and oxygen atoms in total. The Balaban J connectivity index is 2.22.